The van der Waals surface area contributed by atoms with Crippen LogP contribution in [0.25, 0.3) is 0 Å². The Kier molecular flexibility index (Phi) is 5.40. The molecule has 0 aliphatic carbocycles. The van der Waals surface area contributed by atoms with Crippen molar-refractivity contribution in [3.05, 3.63) is 46.3 Å². The molecule has 0 spiro atoms. The van der Waals surface area contributed by atoms with Gasteiger partial charge < -0.3 is 10.2 Å². The first-order valence-corrected chi connectivity index (χ1v) is 8.83. The lowest BCUT2D eigenvalue weighted by Gasteiger charge is -2.24. The highest BCUT2D eigenvalue weighted by Gasteiger charge is 2.19. The second kappa shape index (κ2) is 7.17. The Labute approximate surface area is 145 Å². The molecule has 0 radical (unpaired) electrons. The molecule has 136 valence electrons. The molecule has 10 nitrogen and oxygen atoms in total. The first-order chi connectivity index (χ1) is 11.6. The minimum absolute atomic E-state index is 0.0640. The minimum atomic E-state index is -4.05. The fourth-order valence-corrected chi connectivity index (χ4v) is 2.96. The van der Waals surface area contributed by atoms with Gasteiger partial charge in [0.1, 0.15) is 0 Å². The van der Waals surface area contributed by atoms with Crippen molar-refractivity contribution < 1.29 is 13.3 Å². The molecule has 11 heteroatoms. The number of nitrogens with one attached hydrogen (secondary N) is 1. The smallest absolute Gasteiger partial charge is 0.272 e. The summed E-state index contributed by atoms with van der Waals surface area (Å²) in [6.07, 6.45) is 3.60. The number of sulfonamides is 1. The highest BCUT2D eigenvalue weighted by molar-refractivity contribution is 7.89. The first kappa shape index (κ1) is 18.8. The van der Waals surface area contributed by atoms with E-state index in [1.54, 1.807) is 10.9 Å². The van der Waals surface area contributed by atoms with E-state index in [0.717, 1.165) is 11.6 Å². The van der Waals surface area contributed by atoms with Gasteiger partial charge in [-0.3, -0.25) is 14.8 Å². The monoisotopic (exact) mass is 368 g/mol. The van der Waals surface area contributed by atoms with E-state index in [-0.39, 0.29) is 16.6 Å². The lowest BCUT2D eigenvalue weighted by molar-refractivity contribution is -0.385. The average molecular weight is 368 g/mol. The molecule has 2 aromatic rings. The highest BCUT2D eigenvalue weighted by Crippen LogP contribution is 2.25. The van der Waals surface area contributed by atoms with Crippen LogP contribution in [-0.2, 0) is 17.1 Å². The van der Waals surface area contributed by atoms with Crippen LogP contribution in [0, 0.1) is 10.1 Å². The van der Waals surface area contributed by atoms with Gasteiger partial charge in [0.2, 0.25) is 10.0 Å². The number of hydrogen-bond acceptors (Lipinski definition) is 7. The molecule has 1 aromatic carbocycles. The van der Waals surface area contributed by atoms with E-state index in [1.165, 1.54) is 12.1 Å². The molecular formula is C14H20N6O4S. The molecule has 1 heterocycles. The van der Waals surface area contributed by atoms with Crippen molar-refractivity contribution in [2.24, 2.45) is 12.2 Å². The van der Waals surface area contributed by atoms with Gasteiger partial charge in [0.15, 0.2) is 0 Å². The van der Waals surface area contributed by atoms with Crippen LogP contribution < -0.4 is 10.5 Å². The van der Waals surface area contributed by atoms with E-state index in [4.69, 9.17) is 5.14 Å². The maximum Gasteiger partial charge on any atom is 0.272 e. The summed E-state index contributed by atoms with van der Waals surface area (Å²) < 4.78 is 24.8. The molecule has 3 N–H and O–H groups in total. The number of nitrogens with two attached hydrogens (primary N) is 1. The van der Waals surface area contributed by atoms with E-state index in [0.29, 0.717) is 12.2 Å². The third kappa shape index (κ3) is 4.75. The number of primary sulfonamides is 1. The van der Waals surface area contributed by atoms with Crippen LogP contribution >= 0.6 is 0 Å². The van der Waals surface area contributed by atoms with Crippen LogP contribution in [0.15, 0.2) is 35.5 Å². The van der Waals surface area contributed by atoms with Gasteiger partial charge in [-0.2, -0.15) is 5.10 Å². The molecule has 0 saturated heterocycles. The third-order valence-corrected chi connectivity index (χ3v) is 4.56. The zero-order chi connectivity index (χ0) is 18.8. The summed E-state index contributed by atoms with van der Waals surface area (Å²) in [4.78, 5) is 12.0. The molecule has 0 bridgehead atoms. The lowest BCUT2D eigenvalue weighted by atomic mass is 10.1. The Morgan fingerprint density at radius 3 is 2.56 bits per heavy atom. The van der Waals surface area contributed by atoms with Crippen molar-refractivity contribution in [2.45, 2.75) is 10.9 Å². The fourth-order valence-electron chi connectivity index (χ4n) is 2.38. The Hall–Kier alpha value is -2.50. The zero-order valence-electron chi connectivity index (χ0n) is 14.1. The summed E-state index contributed by atoms with van der Waals surface area (Å²) in [7, 11) is 1.54. The summed E-state index contributed by atoms with van der Waals surface area (Å²) in [5.41, 5.74) is 0.905. The molecule has 0 saturated carbocycles. The van der Waals surface area contributed by atoms with Crippen molar-refractivity contribution in [2.75, 3.05) is 26.0 Å². The Morgan fingerprint density at radius 2 is 2.08 bits per heavy atom. The Morgan fingerprint density at radius 1 is 1.40 bits per heavy atom. The third-order valence-electron chi connectivity index (χ3n) is 3.66. The number of likely N-dealkylation sites (N-methyl/N-ethyl adjacent to an activating group) is 1. The second-order valence-corrected chi connectivity index (χ2v) is 7.39. The molecule has 25 heavy (non-hydrogen) atoms. The van der Waals surface area contributed by atoms with Crippen molar-refractivity contribution in [1.29, 1.82) is 0 Å². The minimum Gasteiger partial charge on any atom is -0.383 e. The summed E-state index contributed by atoms with van der Waals surface area (Å²) in [6, 6.07) is 3.42. The number of nitro benzene ring substituents is 1. The van der Waals surface area contributed by atoms with E-state index < -0.39 is 14.9 Å². The van der Waals surface area contributed by atoms with Crippen LogP contribution in [0.2, 0.25) is 0 Å². The van der Waals surface area contributed by atoms with Gasteiger partial charge in [-0.25, -0.2) is 13.6 Å². The SMILES string of the molecule is CN(C)C(CNc1cc([N+](=O)[O-])cc(S(N)(=O)=O)c1)c1cnn(C)c1. The van der Waals surface area contributed by atoms with Gasteiger partial charge in [0.05, 0.1) is 22.1 Å². The van der Waals surface area contributed by atoms with Gasteiger partial charge in [-0.15, -0.1) is 0 Å². The molecule has 0 fully saturated rings. The second-order valence-electron chi connectivity index (χ2n) is 5.83. The van der Waals surface area contributed by atoms with Crippen LogP contribution in [0.5, 0.6) is 0 Å². The number of rotatable bonds is 7. The summed E-state index contributed by atoms with van der Waals surface area (Å²) in [5.74, 6) is 0. The number of nitrogens with zero attached hydrogens (tertiary/aromatic N) is 4. The number of non-ortho nitro benzene ring substituents is 1. The highest BCUT2D eigenvalue weighted by atomic mass is 32.2. The average Bonchev–Trinajstić information content (AvgIpc) is 2.92. The predicted molar refractivity (Wildman–Crippen MR) is 92.6 cm³/mol. The van der Waals surface area contributed by atoms with Crippen LogP contribution in [0.4, 0.5) is 11.4 Å². The van der Waals surface area contributed by atoms with E-state index in [2.05, 4.69) is 10.4 Å². The van der Waals surface area contributed by atoms with Gasteiger partial charge in [0.25, 0.3) is 5.69 Å². The van der Waals surface area contributed by atoms with Crippen molar-refractivity contribution in [3.63, 3.8) is 0 Å². The molecule has 1 aromatic heterocycles. The molecular weight excluding hydrogens is 348 g/mol. The molecule has 1 atom stereocenters. The molecule has 1 unspecified atom stereocenters. The number of benzene rings is 1. The van der Waals surface area contributed by atoms with Gasteiger partial charge >= 0.3 is 0 Å². The van der Waals surface area contributed by atoms with Crippen LogP contribution in [-0.4, -0.2) is 48.7 Å². The maximum atomic E-state index is 11.5. The van der Waals surface area contributed by atoms with E-state index in [9.17, 15) is 18.5 Å². The van der Waals surface area contributed by atoms with Crippen molar-refractivity contribution in [3.8, 4) is 0 Å². The number of nitro groups is 1. The summed E-state index contributed by atoms with van der Waals surface area (Å²) in [5, 5.41) is 23.3. The summed E-state index contributed by atoms with van der Waals surface area (Å²) in [6.45, 7) is 0.393. The Bertz CT molecular complexity index is 877. The van der Waals surface area contributed by atoms with Gasteiger partial charge in [-0.1, -0.05) is 0 Å². The number of hydrogen-bond donors (Lipinski definition) is 2. The number of aryl methyl sites for hydroxylation is 1. The molecule has 0 aliphatic rings. The molecule has 2 rings (SSSR count). The zero-order valence-corrected chi connectivity index (χ0v) is 14.9. The fraction of sp³-hybridized carbons (Fsp3) is 0.357. The van der Waals surface area contributed by atoms with Crippen molar-refractivity contribution >= 4 is 21.4 Å². The van der Waals surface area contributed by atoms with E-state index in [1.807, 2.05) is 32.2 Å². The largest absolute Gasteiger partial charge is 0.383 e. The predicted octanol–water partition coefficient (Wildman–Crippen LogP) is 0.691. The Balaban J connectivity index is 2.29. The number of aromatic nitrogens is 2. The van der Waals surface area contributed by atoms with Crippen LogP contribution in [0.1, 0.15) is 11.6 Å². The molecule has 0 aliphatic heterocycles. The quantitative estimate of drug-likeness (QED) is 0.542. The number of anilines is 1. The molecule has 0 amide bonds. The first-order valence-electron chi connectivity index (χ1n) is 7.29. The van der Waals surface area contributed by atoms with Gasteiger partial charge in [0, 0.05) is 43.2 Å². The topological polar surface area (TPSA) is 136 Å². The summed E-state index contributed by atoms with van der Waals surface area (Å²) >= 11 is 0. The van der Waals surface area contributed by atoms with E-state index >= 15 is 0 Å². The lowest BCUT2D eigenvalue weighted by Crippen LogP contribution is -2.26. The van der Waals surface area contributed by atoms with Gasteiger partial charge in [-0.05, 0) is 20.2 Å². The standard InChI is InChI=1S/C14H20N6O4S/c1-18(2)14(10-7-17-19(3)9-10)8-16-11-4-12(20(21)22)6-13(5-11)25(15,23)24/h4-7,9,14,16H,8H2,1-3H3,(H2,15,23,24). The maximum absolute atomic E-state index is 11.5. The van der Waals surface area contributed by atoms with Crippen LogP contribution in [0.3, 0.4) is 0 Å². The normalized spacial score (nSPS) is 13.0. The van der Waals surface area contributed by atoms with Crippen molar-refractivity contribution in [1.82, 2.24) is 14.7 Å².